The largest absolute Gasteiger partial charge is 0.326 e. The molecule has 1 amide bonds. The number of amides is 1. The van der Waals surface area contributed by atoms with Gasteiger partial charge in [-0.1, -0.05) is 69.3 Å². The van der Waals surface area contributed by atoms with Crippen LogP contribution in [-0.2, 0) is 16.6 Å². The van der Waals surface area contributed by atoms with Crippen LogP contribution in [0.4, 0.5) is 10.1 Å². The minimum absolute atomic E-state index is 0.0241. The van der Waals surface area contributed by atoms with Gasteiger partial charge in [0.25, 0.3) is 0 Å². The highest BCUT2D eigenvalue weighted by molar-refractivity contribution is 6.09. The summed E-state index contributed by atoms with van der Waals surface area (Å²) in [4.78, 5) is 25.1. The van der Waals surface area contributed by atoms with E-state index in [1.807, 2.05) is 24.3 Å². The van der Waals surface area contributed by atoms with Crippen LogP contribution in [0.2, 0.25) is 0 Å². The van der Waals surface area contributed by atoms with Gasteiger partial charge in [-0.05, 0) is 40.8 Å². The molecule has 3 aromatic rings. The van der Waals surface area contributed by atoms with Crippen LogP contribution in [0, 0.1) is 5.82 Å². The Balaban J connectivity index is 1.70. The van der Waals surface area contributed by atoms with Gasteiger partial charge in [0.1, 0.15) is 5.82 Å². The highest BCUT2D eigenvalue weighted by atomic mass is 19.1. The molecule has 0 aliphatic heterocycles. The van der Waals surface area contributed by atoms with Crippen LogP contribution in [0.5, 0.6) is 0 Å². The van der Waals surface area contributed by atoms with Gasteiger partial charge in [-0.3, -0.25) is 9.59 Å². The summed E-state index contributed by atoms with van der Waals surface area (Å²) in [5.41, 5.74) is 3.57. The molecule has 3 nitrogen and oxygen atoms in total. The van der Waals surface area contributed by atoms with Crippen molar-refractivity contribution in [1.82, 2.24) is 0 Å². The molecule has 148 valence electrons. The molecule has 3 aromatic carbocycles. The van der Waals surface area contributed by atoms with Crippen molar-refractivity contribution in [3.63, 3.8) is 0 Å². The highest BCUT2D eigenvalue weighted by Gasteiger charge is 2.15. The minimum atomic E-state index is -0.337. The fraction of sp³-hybridized carbons (Fsp3) is 0.200. The van der Waals surface area contributed by atoms with Crippen LogP contribution in [0.15, 0.2) is 72.8 Å². The van der Waals surface area contributed by atoms with Crippen LogP contribution in [0.25, 0.3) is 0 Å². The monoisotopic (exact) mass is 389 g/mol. The molecule has 3 rings (SSSR count). The summed E-state index contributed by atoms with van der Waals surface area (Å²) >= 11 is 0. The van der Waals surface area contributed by atoms with Crippen LogP contribution in [-0.4, -0.2) is 11.7 Å². The number of hydrogen-bond acceptors (Lipinski definition) is 2. The Hall–Kier alpha value is -3.27. The van der Waals surface area contributed by atoms with E-state index >= 15 is 0 Å². The van der Waals surface area contributed by atoms with Gasteiger partial charge >= 0.3 is 0 Å². The molecule has 0 fully saturated rings. The van der Waals surface area contributed by atoms with Crippen LogP contribution in [0.3, 0.4) is 0 Å². The maximum atomic E-state index is 13.0. The maximum Gasteiger partial charge on any atom is 0.228 e. The zero-order valence-corrected chi connectivity index (χ0v) is 16.8. The first-order valence-electron chi connectivity index (χ1n) is 9.52. The van der Waals surface area contributed by atoms with Crippen molar-refractivity contribution in [2.45, 2.75) is 32.6 Å². The van der Waals surface area contributed by atoms with Crippen LogP contribution >= 0.6 is 0 Å². The molecule has 4 heteroatoms. The number of ketones is 1. The fourth-order valence-corrected chi connectivity index (χ4v) is 3.02. The maximum absolute atomic E-state index is 13.0. The lowest BCUT2D eigenvalue weighted by Gasteiger charge is -2.19. The third-order valence-electron chi connectivity index (χ3n) is 4.70. The lowest BCUT2D eigenvalue weighted by molar-refractivity contribution is -0.115. The molecule has 0 aliphatic carbocycles. The summed E-state index contributed by atoms with van der Waals surface area (Å²) in [6.07, 6.45) is 0.132. The van der Waals surface area contributed by atoms with Crippen molar-refractivity contribution >= 4 is 17.4 Å². The number of carbonyl (C=O) groups excluding carboxylic acids is 2. The van der Waals surface area contributed by atoms with Crippen molar-refractivity contribution in [3.8, 4) is 0 Å². The molecule has 0 saturated carbocycles. The smallest absolute Gasteiger partial charge is 0.228 e. The molecular weight excluding hydrogens is 365 g/mol. The second-order valence-electron chi connectivity index (χ2n) is 8.09. The highest BCUT2D eigenvalue weighted by Crippen LogP contribution is 2.23. The number of halogens is 1. The van der Waals surface area contributed by atoms with Crippen molar-refractivity contribution < 1.29 is 14.0 Å². The number of benzene rings is 3. The molecule has 0 saturated heterocycles. The average molecular weight is 389 g/mol. The number of hydrogen-bond donors (Lipinski definition) is 1. The van der Waals surface area contributed by atoms with Gasteiger partial charge < -0.3 is 5.32 Å². The first kappa shape index (κ1) is 20.5. The zero-order valence-electron chi connectivity index (χ0n) is 16.8. The summed E-state index contributed by atoms with van der Waals surface area (Å²) < 4.78 is 13.0. The average Bonchev–Trinajstić information content (AvgIpc) is 2.69. The third-order valence-corrected chi connectivity index (χ3v) is 4.70. The molecule has 0 unspecified atom stereocenters. The van der Waals surface area contributed by atoms with E-state index in [9.17, 15) is 14.0 Å². The predicted molar refractivity (Wildman–Crippen MR) is 114 cm³/mol. The van der Waals surface area contributed by atoms with Crippen molar-refractivity contribution in [3.05, 3.63) is 101 Å². The zero-order chi connectivity index (χ0) is 21.0. The predicted octanol–water partition coefficient (Wildman–Crippen LogP) is 5.54. The summed E-state index contributed by atoms with van der Waals surface area (Å²) in [7, 11) is 0. The Morgan fingerprint density at radius 3 is 2.14 bits per heavy atom. The van der Waals surface area contributed by atoms with Gasteiger partial charge in [0.05, 0.1) is 6.42 Å². The van der Waals surface area contributed by atoms with Gasteiger partial charge in [0.15, 0.2) is 5.78 Å². The van der Waals surface area contributed by atoms with E-state index in [1.165, 1.54) is 12.1 Å². The van der Waals surface area contributed by atoms with Gasteiger partial charge in [0.2, 0.25) is 5.91 Å². The second kappa shape index (κ2) is 8.39. The lowest BCUT2D eigenvalue weighted by Crippen LogP contribution is -2.15. The fourth-order valence-electron chi connectivity index (χ4n) is 3.02. The summed E-state index contributed by atoms with van der Waals surface area (Å²) in [6.45, 7) is 6.38. The third kappa shape index (κ3) is 5.38. The molecule has 0 bridgehead atoms. The standard InChI is InChI=1S/C25H24FNO2/c1-25(2,3)20-11-9-18(10-12-20)24(29)19-5-4-6-22(16-19)27-23(28)15-17-7-13-21(26)14-8-17/h4-14,16H,15H2,1-3H3,(H,27,28). The number of nitrogens with one attached hydrogen (secondary N) is 1. The summed E-state index contributed by atoms with van der Waals surface area (Å²) in [5.74, 6) is -0.660. The number of rotatable bonds is 5. The molecule has 1 N–H and O–H groups in total. The molecule has 0 atom stereocenters. The second-order valence-corrected chi connectivity index (χ2v) is 8.09. The Morgan fingerprint density at radius 2 is 1.52 bits per heavy atom. The Labute approximate surface area is 170 Å². The molecular formula is C25H24FNO2. The molecule has 0 aromatic heterocycles. The van der Waals surface area contributed by atoms with E-state index in [-0.39, 0.29) is 29.3 Å². The first-order valence-corrected chi connectivity index (χ1v) is 9.52. The molecule has 0 heterocycles. The first-order chi connectivity index (χ1) is 13.7. The van der Waals surface area contributed by atoms with Crippen molar-refractivity contribution in [2.24, 2.45) is 0 Å². The molecule has 0 spiro atoms. The van der Waals surface area contributed by atoms with Gasteiger partial charge in [-0.2, -0.15) is 0 Å². The summed E-state index contributed by atoms with van der Waals surface area (Å²) in [5, 5.41) is 2.80. The normalized spacial score (nSPS) is 11.2. The van der Waals surface area contributed by atoms with Crippen molar-refractivity contribution in [2.75, 3.05) is 5.32 Å². The van der Waals surface area contributed by atoms with E-state index in [0.29, 0.717) is 16.8 Å². The van der Waals surface area contributed by atoms with Gasteiger partial charge in [-0.15, -0.1) is 0 Å². The summed E-state index contributed by atoms with van der Waals surface area (Å²) in [6, 6.07) is 20.3. The Morgan fingerprint density at radius 1 is 0.862 bits per heavy atom. The Kier molecular flexibility index (Phi) is 5.92. The number of carbonyl (C=O) groups is 2. The molecule has 0 radical (unpaired) electrons. The molecule has 29 heavy (non-hydrogen) atoms. The van der Waals surface area contributed by atoms with Crippen LogP contribution in [0.1, 0.15) is 47.8 Å². The van der Waals surface area contributed by atoms with E-state index in [0.717, 1.165) is 11.1 Å². The van der Waals surface area contributed by atoms with E-state index in [2.05, 4.69) is 26.1 Å². The number of anilines is 1. The van der Waals surface area contributed by atoms with Crippen molar-refractivity contribution in [1.29, 1.82) is 0 Å². The van der Waals surface area contributed by atoms with Gasteiger partial charge in [0, 0.05) is 16.8 Å². The van der Waals surface area contributed by atoms with E-state index in [1.54, 1.807) is 36.4 Å². The quantitative estimate of drug-likeness (QED) is 0.583. The van der Waals surface area contributed by atoms with Crippen LogP contribution < -0.4 is 5.32 Å². The lowest BCUT2D eigenvalue weighted by atomic mass is 9.86. The van der Waals surface area contributed by atoms with E-state index in [4.69, 9.17) is 0 Å². The minimum Gasteiger partial charge on any atom is -0.326 e. The molecule has 0 aliphatic rings. The SMILES string of the molecule is CC(C)(C)c1ccc(C(=O)c2cccc(NC(=O)Cc3ccc(F)cc3)c2)cc1. The Bertz CT molecular complexity index is 1020. The van der Waals surface area contributed by atoms with E-state index < -0.39 is 0 Å². The topological polar surface area (TPSA) is 46.2 Å². The van der Waals surface area contributed by atoms with Gasteiger partial charge in [-0.25, -0.2) is 4.39 Å².